The molecule has 0 radical (unpaired) electrons. The molecule has 0 amide bonds. The highest BCUT2D eigenvalue weighted by atomic mass is 16.3. The van der Waals surface area contributed by atoms with Crippen molar-refractivity contribution in [3.8, 4) is 67.5 Å². The van der Waals surface area contributed by atoms with Crippen LogP contribution in [0.2, 0.25) is 0 Å². The van der Waals surface area contributed by atoms with Gasteiger partial charge in [0.1, 0.15) is 11.6 Å². The maximum atomic E-state index is 12.4. The number of pyridine rings is 1. The second kappa shape index (κ2) is 16.8. The average Bonchev–Trinajstić information content (AvgIpc) is 3.70. The molecule has 0 spiro atoms. The van der Waals surface area contributed by atoms with Crippen LogP contribution in [0.1, 0.15) is 144 Å². The minimum absolute atomic E-state index is 0.0255. The fourth-order valence-electron chi connectivity index (χ4n) is 8.25. The predicted molar refractivity (Wildman–Crippen MR) is 267 cm³/mol. The lowest BCUT2D eigenvalue weighted by atomic mass is 9.80. The van der Waals surface area contributed by atoms with Gasteiger partial charge in [0.05, 0.1) is 33.3 Å². The number of fused-ring (bicyclic) bond motifs is 1. The number of aromatic hydroxyl groups is 1. The number of rotatable bonds is 9. The molecule has 8 aromatic rings. The number of phenolic OH excluding ortho intramolecular Hbond substituents is 1. The van der Waals surface area contributed by atoms with Crippen LogP contribution in [0.5, 0.6) is 5.75 Å². The Morgan fingerprint density at radius 3 is 1.98 bits per heavy atom. The van der Waals surface area contributed by atoms with E-state index in [0.29, 0.717) is 55.9 Å². The second-order valence-corrected chi connectivity index (χ2v) is 19.1. The summed E-state index contributed by atoms with van der Waals surface area (Å²) in [6.45, 7) is 23.2. The van der Waals surface area contributed by atoms with Crippen molar-refractivity contribution in [2.45, 2.75) is 112 Å². The molecular weight excluding hydrogens is 767 g/mol. The van der Waals surface area contributed by atoms with Crippen LogP contribution in [-0.2, 0) is 10.8 Å². The van der Waals surface area contributed by atoms with Crippen LogP contribution in [0, 0.1) is 0 Å². The lowest BCUT2D eigenvalue weighted by molar-refractivity contribution is 0.466. The van der Waals surface area contributed by atoms with Crippen LogP contribution < -0.4 is 0 Å². The Morgan fingerprint density at radius 2 is 1.30 bits per heavy atom. The molecule has 1 N–H and O–H groups in total. The van der Waals surface area contributed by atoms with Gasteiger partial charge in [-0.25, -0.2) is 4.98 Å². The van der Waals surface area contributed by atoms with Gasteiger partial charge in [-0.15, -0.1) is 0 Å². The van der Waals surface area contributed by atoms with E-state index in [9.17, 15) is 9.22 Å². The summed E-state index contributed by atoms with van der Waals surface area (Å²) in [5, 5.41) is 12.4. The van der Waals surface area contributed by atoms with Crippen molar-refractivity contribution in [3.05, 3.63) is 167 Å². The van der Waals surface area contributed by atoms with Gasteiger partial charge in [0, 0.05) is 27.1 Å². The van der Waals surface area contributed by atoms with Gasteiger partial charge < -0.3 is 5.11 Å². The van der Waals surface area contributed by atoms with Crippen LogP contribution in [-0.4, -0.2) is 19.6 Å². The molecule has 320 valence electrons. The van der Waals surface area contributed by atoms with Crippen molar-refractivity contribution in [1.29, 1.82) is 0 Å². The number of aromatic nitrogens is 3. The van der Waals surface area contributed by atoms with Crippen molar-refractivity contribution < 1.29 is 20.2 Å². The maximum absolute atomic E-state index is 12.4. The third-order valence-electron chi connectivity index (χ3n) is 11.7. The fourth-order valence-corrected chi connectivity index (χ4v) is 8.25. The minimum Gasteiger partial charge on any atom is -0.507 e. The van der Waals surface area contributed by atoms with Crippen molar-refractivity contribution in [3.63, 3.8) is 0 Å². The standard InChI is InChI=1S/C59H63N3O/c1-36(2)41-32-50(38(5)6)56(63)51(33-41)57-61-55-46(42-29-43(31-44(30-42)58(7,8)9)53-34-40(27-28-60-53)39-19-14-13-15-20-39)22-18-24-54(55)62(57)45-25-26-47(49(35-45)37(3)4)48-21-16-17-23-52(48)59(10,11)12/h13-38,63H,1-12H3/i13D,14D,15D,19D,20D,27D,28D,34D,36D,37D,38D. The number of hydrogen-bond acceptors (Lipinski definition) is 3. The molecular formula is C59H63N3O. The van der Waals surface area contributed by atoms with Crippen LogP contribution in [0.3, 0.4) is 0 Å². The molecule has 0 atom stereocenters. The van der Waals surface area contributed by atoms with E-state index in [1.165, 1.54) is 0 Å². The van der Waals surface area contributed by atoms with Gasteiger partial charge in [0.15, 0.2) is 0 Å². The van der Waals surface area contributed by atoms with Crippen molar-refractivity contribution in [2.24, 2.45) is 0 Å². The monoisotopic (exact) mass is 841 g/mol. The first kappa shape index (κ1) is 31.6. The smallest absolute Gasteiger partial charge is 0.149 e. The molecule has 4 nitrogen and oxygen atoms in total. The summed E-state index contributed by atoms with van der Waals surface area (Å²) in [4.78, 5) is 9.88. The van der Waals surface area contributed by atoms with E-state index in [2.05, 4.69) is 37.9 Å². The number of imidazole rings is 1. The van der Waals surface area contributed by atoms with E-state index in [0.717, 1.165) is 27.8 Å². The first-order chi connectivity index (χ1) is 34.1. The fraction of sp³-hybridized carbons (Fsp3) is 0.288. The first-order valence-corrected chi connectivity index (χ1v) is 21.5. The van der Waals surface area contributed by atoms with E-state index in [1.54, 1.807) is 39.8 Å². The van der Waals surface area contributed by atoms with Crippen molar-refractivity contribution in [2.75, 3.05) is 0 Å². The van der Waals surface area contributed by atoms with E-state index < -0.39 is 65.5 Å². The van der Waals surface area contributed by atoms with Gasteiger partial charge in [-0.2, -0.15) is 0 Å². The van der Waals surface area contributed by atoms with Gasteiger partial charge in [-0.05, 0) is 133 Å². The third-order valence-corrected chi connectivity index (χ3v) is 11.7. The molecule has 0 saturated heterocycles. The van der Waals surface area contributed by atoms with Crippen LogP contribution >= 0.6 is 0 Å². The molecule has 2 aromatic heterocycles. The molecule has 8 rings (SSSR count). The SMILES string of the molecule is [2H]c1nc(-c2cc(-c3cccc4c3nc(-c3cc(C([2H])(C)C)cc(C([2H])(C)C)c3O)n4-c3ccc(-c4ccccc4C(C)(C)C)c(C([2H])(C)C)c3)cc(C(C)(C)C)c2)c([2H])c(-c2c([2H])c([2H])c([2H])c([2H])c2[2H])c1[2H]. The lowest BCUT2D eigenvalue weighted by Crippen LogP contribution is -2.13. The van der Waals surface area contributed by atoms with E-state index >= 15 is 0 Å². The molecule has 0 aliphatic rings. The van der Waals surface area contributed by atoms with Gasteiger partial charge in [0.25, 0.3) is 0 Å². The molecule has 0 fully saturated rings. The van der Waals surface area contributed by atoms with Crippen LogP contribution in [0.15, 0.2) is 139 Å². The molecule has 0 aliphatic heterocycles. The molecule has 63 heavy (non-hydrogen) atoms. The molecule has 0 saturated carbocycles. The lowest BCUT2D eigenvalue weighted by Gasteiger charge is -2.25. The molecule has 6 aromatic carbocycles. The van der Waals surface area contributed by atoms with E-state index in [-0.39, 0.29) is 34.0 Å². The summed E-state index contributed by atoms with van der Waals surface area (Å²) < 4.78 is 99.5. The van der Waals surface area contributed by atoms with Gasteiger partial charge >= 0.3 is 0 Å². The minimum atomic E-state index is -1.28. The first-order valence-electron chi connectivity index (χ1n) is 27.0. The zero-order valence-corrected chi connectivity index (χ0v) is 38.4. The number of benzene rings is 6. The Hall–Kier alpha value is -6.26. The Kier molecular flexibility index (Phi) is 8.41. The number of nitrogens with zero attached hydrogens (tertiary/aromatic N) is 3. The highest BCUT2D eigenvalue weighted by molar-refractivity contribution is 5.97. The van der Waals surface area contributed by atoms with Crippen molar-refractivity contribution in [1.82, 2.24) is 14.5 Å². The summed E-state index contributed by atoms with van der Waals surface area (Å²) in [5.74, 6) is -3.33. The zero-order valence-electron chi connectivity index (χ0n) is 49.4. The highest BCUT2D eigenvalue weighted by Gasteiger charge is 2.26. The number of para-hydroxylation sites is 1. The Bertz CT molecular complexity index is 3550. The molecule has 0 bridgehead atoms. The summed E-state index contributed by atoms with van der Waals surface area (Å²) in [6.07, 6.45) is -0.540. The van der Waals surface area contributed by atoms with Crippen LogP contribution in [0.4, 0.5) is 0 Å². The Balaban J connectivity index is 1.48. The average molecular weight is 841 g/mol. The van der Waals surface area contributed by atoms with Crippen LogP contribution in [0.25, 0.3) is 72.7 Å². The molecule has 0 unspecified atom stereocenters. The quantitative estimate of drug-likeness (QED) is 0.157. The summed E-state index contributed by atoms with van der Waals surface area (Å²) >= 11 is 0. The molecule has 2 heterocycles. The maximum Gasteiger partial charge on any atom is 0.149 e. The summed E-state index contributed by atoms with van der Waals surface area (Å²) in [7, 11) is 0. The Morgan fingerprint density at radius 1 is 0.603 bits per heavy atom. The van der Waals surface area contributed by atoms with E-state index in [4.69, 9.17) is 16.0 Å². The topological polar surface area (TPSA) is 50.9 Å². The Labute approximate surface area is 391 Å². The number of phenols is 1. The van der Waals surface area contributed by atoms with Gasteiger partial charge in [-0.1, -0.05) is 168 Å². The van der Waals surface area contributed by atoms with Gasteiger partial charge in [-0.3, -0.25) is 9.55 Å². The predicted octanol–water partition coefficient (Wildman–Crippen LogP) is 16.4. The highest BCUT2D eigenvalue weighted by Crippen LogP contribution is 2.45. The van der Waals surface area contributed by atoms with E-state index in [1.807, 2.05) is 106 Å². The normalized spacial score (nSPS) is 15.3. The largest absolute Gasteiger partial charge is 0.507 e. The number of hydrogen-bond donors (Lipinski definition) is 1. The molecule has 4 heteroatoms. The summed E-state index contributed by atoms with van der Waals surface area (Å²) in [5.41, 5.74) is 7.88. The third kappa shape index (κ3) is 8.48. The second-order valence-electron chi connectivity index (χ2n) is 19.1. The van der Waals surface area contributed by atoms with Crippen molar-refractivity contribution >= 4 is 11.0 Å². The van der Waals surface area contributed by atoms with Gasteiger partial charge in [0.2, 0.25) is 0 Å². The summed E-state index contributed by atoms with van der Waals surface area (Å²) in [6, 6.07) is 25.2. The molecule has 0 aliphatic carbocycles. The zero-order chi connectivity index (χ0) is 54.7.